The molecule has 0 bridgehead atoms. The summed E-state index contributed by atoms with van der Waals surface area (Å²) in [5.74, 6) is 0.579. The Bertz CT molecular complexity index is 776. The molecule has 7 heteroatoms. The molecule has 2 saturated heterocycles. The van der Waals surface area contributed by atoms with Gasteiger partial charge in [0.1, 0.15) is 0 Å². The third-order valence-electron chi connectivity index (χ3n) is 6.34. The van der Waals surface area contributed by atoms with Gasteiger partial charge in [-0.05, 0) is 49.9 Å². The second kappa shape index (κ2) is 11.1. The summed E-state index contributed by atoms with van der Waals surface area (Å²) in [6.07, 6.45) is 3.16. The van der Waals surface area contributed by atoms with Crippen LogP contribution >= 0.6 is 0 Å². The lowest BCUT2D eigenvalue weighted by Gasteiger charge is -2.33. The first-order valence-electron chi connectivity index (χ1n) is 12.0. The molecule has 0 aromatic heterocycles. The smallest absolute Gasteiger partial charge is 0.253 e. The van der Waals surface area contributed by atoms with Crippen molar-refractivity contribution in [2.75, 3.05) is 62.7 Å². The summed E-state index contributed by atoms with van der Waals surface area (Å²) in [7, 11) is 0. The SMILES string of the molecule is CC1CCN(c2ccc(NC(=O)C(C)(C)C)cc2C(=O)NCCCN2CCOCC2)CC1. The normalized spacial score (nSPS) is 18.4. The quantitative estimate of drug-likeness (QED) is 0.631. The Morgan fingerprint density at radius 1 is 1.09 bits per heavy atom. The molecular formula is C25H40N4O3. The Balaban J connectivity index is 1.68. The van der Waals surface area contributed by atoms with Crippen molar-refractivity contribution >= 4 is 23.2 Å². The van der Waals surface area contributed by atoms with Crippen LogP contribution in [0.15, 0.2) is 18.2 Å². The summed E-state index contributed by atoms with van der Waals surface area (Å²) in [5, 5.41) is 6.07. The van der Waals surface area contributed by atoms with Gasteiger partial charge < -0.3 is 20.3 Å². The Hall–Kier alpha value is -2.12. The Labute approximate surface area is 192 Å². The van der Waals surface area contributed by atoms with Crippen molar-refractivity contribution in [3.63, 3.8) is 0 Å². The minimum atomic E-state index is -0.496. The third kappa shape index (κ3) is 6.94. The highest BCUT2D eigenvalue weighted by atomic mass is 16.5. The maximum absolute atomic E-state index is 13.2. The van der Waals surface area contributed by atoms with Crippen LogP contribution in [0.2, 0.25) is 0 Å². The summed E-state index contributed by atoms with van der Waals surface area (Å²) in [4.78, 5) is 30.3. The van der Waals surface area contributed by atoms with Crippen LogP contribution in [0.4, 0.5) is 11.4 Å². The minimum Gasteiger partial charge on any atom is -0.379 e. The maximum atomic E-state index is 13.2. The Morgan fingerprint density at radius 3 is 2.44 bits per heavy atom. The lowest BCUT2D eigenvalue weighted by atomic mass is 9.95. The molecule has 2 fully saturated rings. The van der Waals surface area contributed by atoms with Crippen LogP contribution in [-0.2, 0) is 9.53 Å². The maximum Gasteiger partial charge on any atom is 0.253 e. The topological polar surface area (TPSA) is 73.9 Å². The fourth-order valence-electron chi connectivity index (χ4n) is 4.06. The predicted molar refractivity (Wildman–Crippen MR) is 129 cm³/mol. The number of anilines is 2. The van der Waals surface area contributed by atoms with Crippen molar-refractivity contribution in [1.82, 2.24) is 10.2 Å². The molecule has 2 N–H and O–H groups in total. The first-order chi connectivity index (χ1) is 15.2. The van der Waals surface area contributed by atoms with E-state index in [0.717, 1.165) is 70.9 Å². The van der Waals surface area contributed by atoms with Crippen LogP contribution in [0, 0.1) is 11.3 Å². The summed E-state index contributed by atoms with van der Waals surface area (Å²) < 4.78 is 5.39. The van der Waals surface area contributed by atoms with Gasteiger partial charge in [-0.2, -0.15) is 0 Å². The minimum absolute atomic E-state index is 0.0612. The second-order valence-electron chi connectivity index (χ2n) is 10.2. The number of piperidine rings is 1. The van der Waals surface area contributed by atoms with E-state index in [1.54, 1.807) is 0 Å². The average Bonchev–Trinajstić information content (AvgIpc) is 2.77. The summed E-state index contributed by atoms with van der Waals surface area (Å²) in [5.41, 5.74) is 1.76. The highest BCUT2D eigenvalue weighted by Gasteiger charge is 2.24. The van der Waals surface area contributed by atoms with Gasteiger partial charge in [0.15, 0.2) is 0 Å². The molecular weight excluding hydrogens is 404 g/mol. The van der Waals surface area contributed by atoms with Crippen molar-refractivity contribution in [1.29, 1.82) is 0 Å². The third-order valence-corrected chi connectivity index (χ3v) is 6.34. The zero-order valence-electron chi connectivity index (χ0n) is 20.2. The van der Waals surface area contributed by atoms with E-state index in [1.807, 2.05) is 39.0 Å². The Morgan fingerprint density at radius 2 is 1.78 bits per heavy atom. The molecule has 2 heterocycles. The van der Waals surface area contributed by atoms with E-state index in [2.05, 4.69) is 27.4 Å². The fourth-order valence-corrected chi connectivity index (χ4v) is 4.06. The summed E-state index contributed by atoms with van der Waals surface area (Å²) in [6.45, 7) is 14.9. The highest BCUT2D eigenvalue weighted by molar-refractivity contribution is 6.02. The molecule has 2 amide bonds. The molecule has 178 valence electrons. The lowest BCUT2D eigenvalue weighted by Crippen LogP contribution is -2.38. The van der Waals surface area contributed by atoms with Crippen molar-refractivity contribution in [3.05, 3.63) is 23.8 Å². The number of nitrogens with one attached hydrogen (secondary N) is 2. The molecule has 0 saturated carbocycles. The first-order valence-corrected chi connectivity index (χ1v) is 12.0. The summed E-state index contributed by atoms with van der Waals surface area (Å²) >= 11 is 0. The van der Waals surface area contributed by atoms with Gasteiger partial charge in [0.05, 0.1) is 18.8 Å². The van der Waals surface area contributed by atoms with E-state index >= 15 is 0 Å². The number of hydrogen-bond donors (Lipinski definition) is 2. The molecule has 2 aliphatic heterocycles. The summed E-state index contributed by atoms with van der Waals surface area (Å²) in [6, 6.07) is 5.72. The zero-order valence-corrected chi connectivity index (χ0v) is 20.2. The molecule has 7 nitrogen and oxygen atoms in total. The van der Waals surface area contributed by atoms with Gasteiger partial charge in [-0.15, -0.1) is 0 Å². The number of hydrogen-bond acceptors (Lipinski definition) is 5. The molecule has 1 aromatic carbocycles. The first kappa shape index (κ1) is 24.5. The van der Waals surface area contributed by atoms with Gasteiger partial charge >= 0.3 is 0 Å². The van der Waals surface area contributed by atoms with Gasteiger partial charge in [-0.3, -0.25) is 14.5 Å². The van der Waals surface area contributed by atoms with E-state index in [-0.39, 0.29) is 11.8 Å². The predicted octanol–water partition coefficient (Wildman–Crippen LogP) is 3.36. The van der Waals surface area contributed by atoms with Crippen molar-refractivity contribution in [2.24, 2.45) is 11.3 Å². The average molecular weight is 445 g/mol. The highest BCUT2D eigenvalue weighted by Crippen LogP contribution is 2.29. The van der Waals surface area contributed by atoms with Crippen molar-refractivity contribution in [2.45, 2.75) is 47.0 Å². The molecule has 32 heavy (non-hydrogen) atoms. The van der Waals surface area contributed by atoms with Gasteiger partial charge in [-0.25, -0.2) is 0 Å². The molecule has 1 aromatic rings. The van der Waals surface area contributed by atoms with E-state index in [0.29, 0.717) is 23.7 Å². The van der Waals surface area contributed by atoms with Crippen LogP contribution in [-0.4, -0.2) is 69.2 Å². The standard InChI is InChI=1S/C25H40N4O3/c1-19-8-12-29(13-9-19)22-7-6-20(27-24(31)25(2,3)4)18-21(22)23(30)26-10-5-11-28-14-16-32-17-15-28/h6-7,18-19H,5,8-17H2,1-4H3,(H,26,30)(H,27,31). The van der Waals surface area contributed by atoms with Gasteiger partial charge in [0, 0.05) is 49.5 Å². The van der Waals surface area contributed by atoms with E-state index in [9.17, 15) is 9.59 Å². The van der Waals surface area contributed by atoms with Gasteiger partial charge in [-0.1, -0.05) is 27.7 Å². The van der Waals surface area contributed by atoms with Crippen LogP contribution in [0.5, 0.6) is 0 Å². The van der Waals surface area contributed by atoms with Crippen LogP contribution in [0.25, 0.3) is 0 Å². The van der Waals surface area contributed by atoms with Crippen LogP contribution in [0.3, 0.4) is 0 Å². The molecule has 3 rings (SSSR count). The molecule has 0 spiro atoms. The van der Waals surface area contributed by atoms with Crippen molar-refractivity contribution in [3.8, 4) is 0 Å². The number of morpholine rings is 1. The number of carbonyl (C=O) groups is 2. The molecule has 0 aliphatic carbocycles. The zero-order chi connectivity index (χ0) is 23.1. The molecule has 0 unspecified atom stereocenters. The number of nitrogens with zero attached hydrogens (tertiary/aromatic N) is 2. The number of rotatable bonds is 7. The van der Waals surface area contributed by atoms with Crippen molar-refractivity contribution < 1.29 is 14.3 Å². The fraction of sp³-hybridized carbons (Fsp3) is 0.680. The number of carbonyl (C=O) groups excluding carboxylic acids is 2. The monoisotopic (exact) mass is 444 g/mol. The molecule has 2 aliphatic rings. The number of benzene rings is 1. The largest absolute Gasteiger partial charge is 0.379 e. The number of amides is 2. The second-order valence-corrected chi connectivity index (χ2v) is 10.2. The number of ether oxygens (including phenoxy) is 1. The molecule has 0 radical (unpaired) electrons. The van der Waals surface area contributed by atoms with Gasteiger partial charge in [0.2, 0.25) is 5.91 Å². The Kier molecular flexibility index (Phi) is 8.54. The van der Waals surface area contributed by atoms with E-state index < -0.39 is 5.41 Å². The van der Waals surface area contributed by atoms with Crippen LogP contribution < -0.4 is 15.5 Å². The van der Waals surface area contributed by atoms with E-state index in [4.69, 9.17) is 4.74 Å². The van der Waals surface area contributed by atoms with Crippen LogP contribution in [0.1, 0.15) is 57.3 Å². The van der Waals surface area contributed by atoms with E-state index in [1.165, 1.54) is 0 Å². The lowest BCUT2D eigenvalue weighted by molar-refractivity contribution is -0.123. The molecule has 0 atom stereocenters. The van der Waals surface area contributed by atoms with Gasteiger partial charge in [0.25, 0.3) is 5.91 Å².